The third-order valence-electron chi connectivity index (χ3n) is 11.4. The summed E-state index contributed by atoms with van der Waals surface area (Å²) in [7, 11) is 4.40. The highest BCUT2D eigenvalue weighted by atomic mass is 32.2. The molecule has 0 radical (unpaired) electrons. The molecule has 0 bridgehead atoms. The molecule has 1 aliphatic heterocycles. The predicted molar refractivity (Wildman–Crippen MR) is 234 cm³/mol. The van der Waals surface area contributed by atoms with Gasteiger partial charge in [0.1, 0.15) is 6.04 Å². The molecule has 1 saturated heterocycles. The number of ether oxygens (including phenoxy) is 2. The van der Waals surface area contributed by atoms with Gasteiger partial charge in [0.2, 0.25) is 33.7 Å². The van der Waals surface area contributed by atoms with Crippen LogP contribution in [-0.2, 0) is 49.9 Å². The summed E-state index contributed by atoms with van der Waals surface area (Å²) in [5.41, 5.74) is 7.02. The van der Waals surface area contributed by atoms with E-state index in [1.807, 2.05) is 46.7 Å². The molecule has 16 nitrogen and oxygen atoms in total. The maximum absolute atomic E-state index is 14.2. The maximum atomic E-state index is 14.2. The lowest BCUT2D eigenvalue weighted by Gasteiger charge is -2.39. The molecule has 342 valence electrons. The summed E-state index contributed by atoms with van der Waals surface area (Å²) in [4.78, 5) is 73.0. The zero-order valence-electron chi connectivity index (χ0n) is 38.2. The molecule has 3 rings (SSSR count). The first kappa shape index (κ1) is 52.3. The summed E-state index contributed by atoms with van der Waals surface area (Å²) in [5.74, 6) is -3.02. The van der Waals surface area contributed by atoms with Crippen LogP contribution in [-0.4, -0.2) is 143 Å². The van der Waals surface area contributed by atoms with E-state index >= 15 is 0 Å². The van der Waals surface area contributed by atoms with E-state index in [0.717, 1.165) is 0 Å². The second kappa shape index (κ2) is 24.6. The van der Waals surface area contributed by atoms with Crippen molar-refractivity contribution < 1.29 is 41.9 Å². The molecule has 5 N–H and O–H groups in total. The van der Waals surface area contributed by atoms with Crippen LogP contribution in [0.4, 0.5) is 5.69 Å². The number of benzene rings is 1. The summed E-state index contributed by atoms with van der Waals surface area (Å²) in [6.07, 6.45) is 2.65. The van der Waals surface area contributed by atoms with Gasteiger partial charge in [0.05, 0.1) is 54.5 Å². The molecule has 5 amide bonds. The average Bonchev–Trinajstić information content (AvgIpc) is 3.95. The first-order valence-electron chi connectivity index (χ1n) is 21.4. The number of likely N-dealkylation sites (N-methyl/N-ethyl adjacent to an activating group) is 2. The van der Waals surface area contributed by atoms with Crippen LogP contribution in [0.5, 0.6) is 0 Å². The molecule has 2 aliphatic rings. The van der Waals surface area contributed by atoms with Gasteiger partial charge < -0.3 is 35.6 Å². The Labute approximate surface area is 359 Å². The fourth-order valence-electron chi connectivity index (χ4n) is 7.93. The van der Waals surface area contributed by atoms with Crippen LogP contribution in [0, 0.1) is 17.8 Å². The van der Waals surface area contributed by atoms with E-state index in [0.29, 0.717) is 49.9 Å². The molecule has 0 spiro atoms. The summed E-state index contributed by atoms with van der Waals surface area (Å²) in [6.45, 7) is 14.0. The lowest BCUT2D eigenvalue weighted by Crippen LogP contribution is -2.56. The maximum Gasteiger partial charge on any atom is 0.256 e. The lowest BCUT2D eigenvalue weighted by atomic mass is 9.90. The van der Waals surface area contributed by atoms with Gasteiger partial charge in [-0.1, -0.05) is 73.4 Å². The number of nitrogens with two attached hydrogens (primary N) is 1. The van der Waals surface area contributed by atoms with Crippen molar-refractivity contribution in [1.82, 2.24) is 30.1 Å². The highest BCUT2D eigenvalue weighted by molar-refractivity contribution is 7.90. The highest BCUT2D eigenvalue weighted by Crippen LogP contribution is 2.30. The van der Waals surface area contributed by atoms with Gasteiger partial charge in [-0.05, 0) is 69.3 Å². The number of nitrogens with zero attached hydrogens (tertiary/aromatic N) is 3. The third-order valence-corrected chi connectivity index (χ3v) is 13.3. The quantitative estimate of drug-likeness (QED) is 0.125. The molecule has 1 aromatic rings. The number of carbonyl (C=O) groups excluding carboxylic acids is 5. The molecule has 8 atom stereocenters. The number of likely N-dealkylation sites (tertiary alicyclic amines) is 1. The Hall–Kier alpha value is -3.80. The summed E-state index contributed by atoms with van der Waals surface area (Å²) in [5, 5.41) is 4.92. The van der Waals surface area contributed by atoms with Gasteiger partial charge in [0.15, 0.2) is 0 Å². The van der Waals surface area contributed by atoms with Gasteiger partial charge in [0, 0.05) is 39.9 Å². The van der Waals surface area contributed by atoms with Crippen molar-refractivity contribution in [3.8, 4) is 0 Å². The number of nitrogen functional groups attached to an aromatic ring is 1. The zero-order chi connectivity index (χ0) is 45.5. The number of nitrogens with one attached hydrogen (secondary N) is 3. The first-order chi connectivity index (χ1) is 28.2. The Bertz CT molecular complexity index is 1650. The van der Waals surface area contributed by atoms with Crippen molar-refractivity contribution in [2.24, 2.45) is 17.8 Å². The highest BCUT2D eigenvalue weighted by Gasteiger charge is 2.43. The van der Waals surface area contributed by atoms with Gasteiger partial charge in [-0.25, -0.2) is 8.42 Å². The van der Waals surface area contributed by atoms with E-state index in [9.17, 15) is 32.4 Å². The second-order valence-corrected chi connectivity index (χ2v) is 18.9. The number of amides is 5. The summed E-state index contributed by atoms with van der Waals surface area (Å²) >= 11 is 0. The SMILES string of the molecule is CCC.CCC(C)C(C(CC(=O)N1CCCC1C(OC)C(C)C(=O)NC(Cc1ccc(N)cc1)C(=O)NS(=O)(=O)C1CC1)OC)N(C)C(=O)CNC(=O)C(C(C)C)N(C)C. The molecule has 1 saturated carbocycles. The Morgan fingerprint density at radius 2 is 1.50 bits per heavy atom. The summed E-state index contributed by atoms with van der Waals surface area (Å²) in [6, 6.07) is 4.15. The number of methoxy groups -OCH3 is 2. The van der Waals surface area contributed by atoms with E-state index in [4.69, 9.17) is 15.2 Å². The minimum Gasteiger partial charge on any atom is -0.399 e. The van der Waals surface area contributed by atoms with Crippen LogP contribution in [0.25, 0.3) is 0 Å². The van der Waals surface area contributed by atoms with Gasteiger partial charge in [-0.3, -0.25) is 33.6 Å². The van der Waals surface area contributed by atoms with Crippen molar-refractivity contribution in [3.05, 3.63) is 29.8 Å². The topological polar surface area (TPSA) is 210 Å². The number of hydrogen-bond acceptors (Lipinski definition) is 11. The molecule has 8 unspecified atom stereocenters. The number of carbonyl (C=O) groups is 5. The van der Waals surface area contributed by atoms with Gasteiger partial charge in [0.25, 0.3) is 5.91 Å². The summed E-state index contributed by atoms with van der Waals surface area (Å²) < 4.78 is 39.3. The van der Waals surface area contributed by atoms with E-state index in [-0.39, 0.29) is 48.9 Å². The lowest BCUT2D eigenvalue weighted by molar-refractivity contribution is -0.146. The van der Waals surface area contributed by atoms with Crippen LogP contribution in [0.1, 0.15) is 99.0 Å². The number of hydrogen-bond donors (Lipinski definition) is 4. The van der Waals surface area contributed by atoms with Crippen molar-refractivity contribution in [1.29, 1.82) is 0 Å². The van der Waals surface area contributed by atoms with Gasteiger partial charge in [-0.2, -0.15) is 0 Å². The largest absolute Gasteiger partial charge is 0.399 e. The van der Waals surface area contributed by atoms with E-state index in [1.54, 1.807) is 48.0 Å². The van der Waals surface area contributed by atoms with Crippen molar-refractivity contribution in [2.45, 2.75) is 141 Å². The van der Waals surface area contributed by atoms with Gasteiger partial charge in [-0.15, -0.1) is 0 Å². The molecule has 60 heavy (non-hydrogen) atoms. The average molecular weight is 866 g/mol. The normalized spacial score (nSPS) is 18.9. The van der Waals surface area contributed by atoms with Crippen molar-refractivity contribution >= 4 is 45.2 Å². The van der Waals surface area contributed by atoms with Crippen LogP contribution < -0.4 is 21.1 Å². The fraction of sp³-hybridized carbons (Fsp3) is 0.744. The smallest absolute Gasteiger partial charge is 0.256 e. The molecule has 2 fully saturated rings. The second-order valence-electron chi connectivity index (χ2n) is 16.9. The van der Waals surface area contributed by atoms with E-state index < -0.39 is 69.4 Å². The van der Waals surface area contributed by atoms with Crippen molar-refractivity contribution in [3.63, 3.8) is 0 Å². The van der Waals surface area contributed by atoms with Gasteiger partial charge >= 0.3 is 0 Å². The van der Waals surface area contributed by atoms with Crippen LogP contribution in [0.3, 0.4) is 0 Å². The zero-order valence-corrected chi connectivity index (χ0v) is 39.0. The molecule has 1 aromatic carbocycles. The standard InChI is InChI=1S/C40H67N7O9S.C3H8/c1-11-25(4)36(46(8)34(49)23-42-40(52)35(24(2)3)45(6)7)32(55-9)22-33(48)47-20-12-13-31(47)37(56-10)26(5)38(50)43-30(21-27-14-16-28(41)17-15-27)39(51)44-57(53,54)29-18-19-29;1-3-2/h14-17,24-26,29-32,35-37H,11-13,18-23,41H2,1-10H3,(H,42,52)(H,43,50)(H,44,51);3H2,1-2H3. The minimum atomic E-state index is -3.88. The number of sulfonamides is 1. The Kier molecular flexibility index (Phi) is 21.5. The Morgan fingerprint density at radius 1 is 0.900 bits per heavy atom. The minimum absolute atomic E-state index is 0.0179. The monoisotopic (exact) mass is 866 g/mol. The van der Waals surface area contributed by atoms with Crippen LogP contribution in [0.15, 0.2) is 24.3 Å². The molecular weight excluding hydrogens is 791 g/mol. The van der Waals surface area contributed by atoms with E-state index in [2.05, 4.69) is 29.2 Å². The molecule has 17 heteroatoms. The molecule has 0 aromatic heterocycles. The predicted octanol–water partition coefficient (Wildman–Crippen LogP) is 2.94. The fourth-order valence-corrected chi connectivity index (χ4v) is 9.27. The molecule has 1 aliphatic carbocycles. The molecular formula is C43H75N7O9S. The Morgan fingerprint density at radius 3 is 2.00 bits per heavy atom. The van der Waals surface area contributed by atoms with E-state index in [1.165, 1.54) is 20.6 Å². The Balaban J connectivity index is 0.00000401. The van der Waals surface area contributed by atoms with Crippen LogP contribution in [0.2, 0.25) is 0 Å². The third kappa shape index (κ3) is 15.0. The van der Waals surface area contributed by atoms with Crippen molar-refractivity contribution in [2.75, 3.05) is 54.2 Å². The number of anilines is 1. The molecule has 1 heterocycles. The van der Waals surface area contributed by atoms with Crippen LogP contribution >= 0.6 is 0 Å². The number of rotatable bonds is 22. The first-order valence-corrected chi connectivity index (χ1v) is 23.0.